The Balaban J connectivity index is 2.28. The molecule has 0 saturated heterocycles. The fraction of sp³-hybridized carbons (Fsp3) is 0.667. The van der Waals surface area contributed by atoms with Crippen LogP contribution in [0.2, 0.25) is 0 Å². The summed E-state index contributed by atoms with van der Waals surface area (Å²) < 4.78 is 1.38. The Kier molecular flexibility index (Phi) is 4.34. The molecule has 104 valence electrons. The number of rotatable bonds is 4. The second kappa shape index (κ2) is 5.81. The molecule has 0 bridgehead atoms. The quantitative estimate of drug-likeness (QED) is 0.483. The fourth-order valence-corrected chi connectivity index (χ4v) is 3.39. The highest BCUT2D eigenvalue weighted by molar-refractivity contribution is 9.09. The third-order valence-electron chi connectivity index (χ3n) is 3.76. The molecule has 1 fully saturated rings. The Hall–Kier alpha value is -1.24. The van der Waals surface area contributed by atoms with Gasteiger partial charge in [0, 0.05) is 11.9 Å². The van der Waals surface area contributed by atoms with Gasteiger partial charge in [-0.05, 0) is 18.3 Å². The number of aromatic nitrogens is 2. The van der Waals surface area contributed by atoms with Crippen LogP contribution in [-0.2, 0) is 6.54 Å². The number of hydrogen-bond acceptors (Lipinski definition) is 4. The molecular formula is C12H16BrN3O3. The average Bonchev–Trinajstić information content (AvgIpc) is 2.42. The lowest BCUT2D eigenvalue weighted by atomic mass is 9.75. The highest BCUT2D eigenvalue weighted by Gasteiger charge is 2.32. The lowest BCUT2D eigenvalue weighted by molar-refractivity contribution is -0.385. The van der Waals surface area contributed by atoms with Gasteiger partial charge in [0.25, 0.3) is 0 Å². The molecular weight excluding hydrogens is 314 g/mol. The third-order valence-corrected chi connectivity index (χ3v) is 4.94. The number of hydrogen-bond donors (Lipinski definition) is 0. The Morgan fingerprint density at radius 2 is 2.11 bits per heavy atom. The van der Waals surface area contributed by atoms with Gasteiger partial charge in [-0.3, -0.25) is 14.7 Å². The van der Waals surface area contributed by atoms with Gasteiger partial charge in [0.1, 0.15) is 6.20 Å². The lowest BCUT2D eigenvalue weighted by Crippen LogP contribution is -2.36. The van der Waals surface area contributed by atoms with Crippen LogP contribution >= 0.6 is 15.9 Å². The summed E-state index contributed by atoms with van der Waals surface area (Å²) in [5.74, 6) is 0. The molecule has 1 heterocycles. The monoisotopic (exact) mass is 329 g/mol. The highest BCUT2D eigenvalue weighted by atomic mass is 79.9. The lowest BCUT2D eigenvalue weighted by Gasteiger charge is -2.35. The Bertz CT molecular complexity index is 523. The molecule has 1 aromatic heterocycles. The van der Waals surface area contributed by atoms with Gasteiger partial charge in [-0.25, -0.2) is 4.79 Å². The Morgan fingerprint density at radius 3 is 2.68 bits per heavy atom. The molecule has 0 amide bonds. The zero-order valence-electron chi connectivity index (χ0n) is 10.5. The van der Waals surface area contributed by atoms with E-state index in [4.69, 9.17) is 0 Å². The van der Waals surface area contributed by atoms with Gasteiger partial charge < -0.3 is 0 Å². The van der Waals surface area contributed by atoms with Crippen molar-refractivity contribution in [1.29, 1.82) is 0 Å². The molecule has 19 heavy (non-hydrogen) atoms. The summed E-state index contributed by atoms with van der Waals surface area (Å²) in [5.41, 5.74) is -0.546. The van der Waals surface area contributed by atoms with Gasteiger partial charge in [0.2, 0.25) is 0 Å². The molecule has 0 aromatic carbocycles. The van der Waals surface area contributed by atoms with Crippen LogP contribution in [0, 0.1) is 15.5 Å². The molecule has 0 unspecified atom stereocenters. The van der Waals surface area contributed by atoms with Crippen LogP contribution in [0.5, 0.6) is 0 Å². The van der Waals surface area contributed by atoms with Gasteiger partial charge in [0.15, 0.2) is 0 Å². The minimum Gasteiger partial charge on any atom is -0.292 e. The van der Waals surface area contributed by atoms with E-state index in [2.05, 4.69) is 20.9 Å². The molecule has 2 rings (SSSR count). The van der Waals surface area contributed by atoms with Crippen LogP contribution in [-0.4, -0.2) is 19.8 Å². The largest absolute Gasteiger partial charge is 0.347 e. The standard InChI is InChI=1S/C12H16BrN3O3/c13-8-12(4-2-1-3-5-12)9-15-7-10(16(18)19)6-14-11(15)17/h6-7H,1-5,8-9H2. The molecule has 0 atom stereocenters. The summed E-state index contributed by atoms with van der Waals surface area (Å²) in [6, 6.07) is 0. The van der Waals surface area contributed by atoms with Crippen molar-refractivity contribution in [1.82, 2.24) is 9.55 Å². The third kappa shape index (κ3) is 3.20. The van der Waals surface area contributed by atoms with Crippen LogP contribution in [0.25, 0.3) is 0 Å². The van der Waals surface area contributed by atoms with E-state index in [1.165, 1.54) is 17.2 Å². The molecule has 0 radical (unpaired) electrons. The van der Waals surface area contributed by atoms with Crippen molar-refractivity contribution >= 4 is 21.6 Å². The zero-order chi connectivity index (χ0) is 13.9. The first-order chi connectivity index (χ1) is 9.06. The topological polar surface area (TPSA) is 78.0 Å². The van der Waals surface area contributed by atoms with Crippen molar-refractivity contribution in [3.8, 4) is 0 Å². The average molecular weight is 330 g/mol. The van der Waals surface area contributed by atoms with Gasteiger partial charge in [-0.1, -0.05) is 35.2 Å². The molecule has 0 spiro atoms. The molecule has 1 aliphatic rings. The van der Waals surface area contributed by atoms with Gasteiger partial charge in [0.05, 0.1) is 11.1 Å². The number of halogens is 1. The normalized spacial score (nSPS) is 18.2. The number of nitrogens with zero attached hydrogens (tertiary/aromatic N) is 3. The van der Waals surface area contributed by atoms with Crippen LogP contribution in [0.4, 0.5) is 5.69 Å². The molecule has 0 N–H and O–H groups in total. The Morgan fingerprint density at radius 1 is 1.42 bits per heavy atom. The van der Waals surface area contributed by atoms with Gasteiger partial charge in [-0.15, -0.1) is 0 Å². The molecule has 7 heteroatoms. The van der Waals surface area contributed by atoms with E-state index >= 15 is 0 Å². The molecule has 1 aromatic rings. The second-order valence-corrected chi connectivity index (χ2v) is 5.73. The molecule has 1 saturated carbocycles. The van der Waals surface area contributed by atoms with Gasteiger partial charge in [-0.2, -0.15) is 4.98 Å². The smallest absolute Gasteiger partial charge is 0.292 e. The summed E-state index contributed by atoms with van der Waals surface area (Å²) in [7, 11) is 0. The first-order valence-electron chi connectivity index (χ1n) is 6.33. The molecule has 6 nitrogen and oxygen atoms in total. The maximum Gasteiger partial charge on any atom is 0.347 e. The van der Waals surface area contributed by atoms with Crippen LogP contribution in [0.3, 0.4) is 0 Å². The van der Waals surface area contributed by atoms with Crippen molar-refractivity contribution < 1.29 is 4.92 Å². The molecule has 1 aliphatic carbocycles. The summed E-state index contributed by atoms with van der Waals surface area (Å²) in [5, 5.41) is 11.5. The predicted molar refractivity (Wildman–Crippen MR) is 74.5 cm³/mol. The van der Waals surface area contributed by atoms with Crippen LogP contribution in [0.15, 0.2) is 17.2 Å². The number of alkyl halides is 1. The first-order valence-corrected chi connectivity index (χ1v) is 7.45. The van der Waals surface area contributed by atoms with E-state index in [1.54, 1.807) is 0 Å². The summed E-state index contributed by atoms with van der Waals surface area (Å²) in [4.78, 5) is 25.5. The molecule has 0 aliphatic heterocycles. The SMILES string of the molecule is O=c1ncc([N+](=O)[O-])cn1CC1(CBr)CCCCC1. The first kappa shape index (κ1) is 14.2. The van der Waals surface area contributed by atoms with E-state index < -0.39 is 10.6 Å². The Labute approximate surface area is 119 Å². The maximum atomic E-state index is 11.7. The maximum absolute atomic E-state index is 11.7. The van der Waals surface area contributed by atoms with E-state index in [0.717, 1.165) is 37.2 Å². The summed E-state index contributed by atoms with van der Waals surface area (Å²) in [6.07, 6.45) is 7.89. The van der Waals surface area contributed by atoms with Crippen molar-refractivity contribution in [3.63, 3.8) is 0 Å². The second-order valence-electron chi connectivity index (χ2n) is 5.17. The van der Waals surface area contributed by atoms with E-state index in [0.29, 0.717) is 6.54 Å². The fourth-order valence-electron chi connectivity index (χ4n) is 2.65. The summed E-state index contributed by atoms with van der Waals surface area (Å²) in [6.45, 7) is 0.492. The highest BCUT2D eigenvalue weighted by Crippen LogP contribution is 2.39. The summed E-state index contributed by atoms with van der Waals surface area (Å²) >= 11 is 3.53. The predicted octanol–water partition coefficient (Wildman–Crippen LogP) is 2.50. The van der Waals surface area contributed by atoms with Crippen molar-refractivity contribution in [2.45, 2.75) is 38.6 Å². The van der Waals surface area contributed by atoms with E-state index in [1.807, 2.05) is 0 Å². The van der Waals surface area contributed by atoms with Crippen molar-refractivity contribution in [3.05, 3.63) is 33.0 Å². The van der Waals surface area contributed by atoms with Crippen molar-refractivity contribution in [2.24, 2.45) is 5.41 Å². The van der Waals surface area contributed by atoms with E-state index in [9.17, 15) is 14.9 Å². The van der Waals surface area contributed by atoms with Crippen LogP contribution < -0.4 is 5.69 Å². The zero-order valence-corrected chi connectivity index (χ0v) is 12.1. The number of nitro groups is 1. The van der Waals surface area contributed by atoms with E-state index in [-0.39, 0.29) is 11.1 Å². The minimum atomic E-state index is -0.523. The van der Waals surface area contributed by atoms with Crippen LogP contribution in [0.1, 0.15) is 32.1 Å². The van der Waals surface area contributed by atoms with Crippen molar-refractivity contribution in [2.75, 3.05) is 5.33 Å². The van der Waals surface area contributed by atoms with Gasteiger partial charge >= 0.3 is 11.4 Å². The minimum absolute atomic E-state index is 0.0129.